The fraction of sp³-hybridized carbons (Fsp3) is 0.188. The van der Waals surface area contributed by atoms with Gasteiger partial charge in [-0.25, -0.2) is 0 Å². The van der Waals surface area contributed by atoms with Gasteiger partial charge in [0.25, 0.3) is 5.91 Å². The predicted octanol–water partition coefficient (Wildman–Crippen LogP) is 5.43. The molecule has 1 N–H and O–H groups in total. The minimum atomic E-state index is -0.188. The van der Waals surface area contributed by atoms with Crippen LogP contribution in [0.2, 0.25) is 5.02 Å². The fourth-order valence-electron chi connectivity index (χ4n) is 1.80. The van der Waals surface area contributed by atoms with E-state index >= 15 is 0 Å². The summed E-state index contributed by atoms with van der Waals surface area (Å²) in [6, 6.07) is 13.3. The number of benzene rings is 2. The summed E-state index contributed by atoms with van der Waals surface area (Å²) >= 11 is 9.46. The molecule has 0 saturated heterocycles. The standard InChI is InChI=1S/C16H16ClNOS2/c1-3-21-12-6-4-11(5-7-12)18-16(19)14-10-13(20-2)8-9-15(14)17/h4-10H,3H2,1-2H3,(H,18,19). The SMILES string of the molecule is CCSc1ccc(NC(=O)c2cc(SC)ccc2Cl)cc1. The van der Waals surface area contributed by atoms with Crippen molar-refractivity contribution in [2.24, 2.45) is 0 Å². The fourth-order valence-corrected chi connectivity index (χ4v) is 3.11. The molecule has 0 aromatic heterocycles. The van der Waals surface area contributed by atoms with E-state index < -0.39 is 0 Å². The van der Waals surface area contributed by atoms with E-state index in [4.69, 9.17) is 11.6 Å². The summed E-state index contributed by atoms with van der Waals surface area (Å²) in [6.07, 6.45) is 1.97. The van der Waals surface area contributed by atoms with Gasteiger partial charge in [-0.3, -0.25) is 4.79 Å². The van der Waals surface area contributed by atoms with Crippen molar-refractivity contribution in [2.75, 3.05) is 17.3 Å². The van der Waals surface area contributed by atoms with Crippen molar-refractivity contribution >= 4 is 46.7 Å². The second-order valence-corrected chi connectivity index (χ2v) is 6.88. The average Bonchev–Trinajstić information content (AvgIpc) is 2.50. The maximum absolute atomic E-state index is 12.3. The summed E-state index contributed by atoms with van der Waals surface area (Å²) in [5, 5.41) is 3.34. The third kappa shape index (κ3) is 4.43. The van der Waals surface area contributed by atoms with Crippen molar-refractivity contribution in [1.29, 1.82) is 0 Å². The zero-order chi connectivity index (χ0) is 15.2. The smallest absolute Gasteiger partial charge is 0.257 e. The van der Waals surface area contributed by atoms with Crippen LogP contribution in [0.15, 0.2) is 52.3 Å². The van der Waals surface area contributed by atoms with E-state index in [1.165, 1.54) is 4.90 Å². The van der Waals surface area contributed by atoms with Crippen LogP contribution in [-0.4, -0.2) is 17.9 Å². The molecule has 0 atom stereocenters. The third-order valence-corrected chi connectivity index (χ3v) is 4.79. The lowest BCUT2D eigenvalue weighted by molar-refractivity contribution is 0.102. The molecule has 0 heterocycles. The van der Waals surface area contributed by atoms with Crippen LogP contribution in [-0.2, 0) is 0 Å². The van der Waals surface area contributed by atoms with Gasteiger partial charge < -0.3 is 5.32 Å². The van der Waals surface area contributed by atoms with Crippen molar-refractivity contribution < 1.29 is 4.79 Å². The van der Waals surface area contributed by atoms with Crippen LogP contribution >= 0.6 is 35.1 Å². The molecule has 0 aliphatic heterocycles. The Balaban J connectivity index is 2.14. The highest BCUT2D eigenvalue weighted by Gasteiger charge is 2.11. The molecule has 2 nitrogen and oxygen atoms in total. The van der Waals surface area contributed by atoms with E-state index in [2.05, 4.69) is 12.2 Å². The number of amides is 1. The Labute approximate surface area is 138 Å². The van der Waals surface area contributed by atoms with Gasteiger partial charge >= 0.3 is 0 Å². The number of nitrogens with one attached hydrogen (secondary N) is 1. The molecule has 0 bridgehead atoms. The molecule has 2 aromatic carbocycles. The molecule has 0 aliphatic carbocycles. The maximum atomic E-state index is 12.3. The first-order valence-electron chi connectivity index (χ1n) is 6.51. The lowest BCUT2D eigenvalue weighted by Crippen LogP contribution is -2.12. The number of anilines is 1. The van der Waals surface area contributed by atoms with Crippen molar-refractivity contribution in [3.63, 3.8) is 0 Å². The molecule has 0 radical (unpaired) electrons. The first-order chi connectivity index (χ1) is 10.1. The van der Waals surface area contributed by atoms with Crippen molar-refractivity contribution in [3.8, 4) is 0 Å². The average molecular weight is 338 g/mol. The van der Waals surface area contributed by atoms with Gasteiger partial charge in [-0.15, -0.1) is 23.5 Å². The topological polar surface area (TPSA) is 29.1 Å². The zero-order valence-corrected chi connectivity index (χ0v) is 14.2. The number of rotatable bonds is 5. The zero-order valence-electron chi connectivity index (χ0n) is 11.9. The van der Waals surface area contributed by atoms with Crippen LogP contribution in [0.25, 0.3) is 0 Å². The number of hydrogen-bond acceptors (Lipinski definition) is 3. The Morgan fingerprint density at radius 2 is 1.81 bits per heavy atom. The van der Waals surface area contributed by atoms with Gasteiger partial charge in [-0.2, -0.15) is 0 Å². The van der Waals surface area contributed by atoms with Crippen molar-refractivity contribution in [3.05, 3.63) is 53.1 Å². The molecule has 5 heteroatoms. The summed E-state index contributed by atoms with van der Waals surface area (Å²) < 4.78 is 0. The van der Waals surface area contributed by atoms with Gasteiger partial charge in [-0.05, 0) is 54.5 Å². The molecular weight excluding hydrogens is 322 g/mol. The molecule has 110 valence electrons. The van der Waals surface area contributed by atoms with E-state index in [-0.39, 0.29) is 5.91 Å². The van der Waals surface area contributed by atoms with Crippen LogP contribution in [0, 0.1) is 0 Å². The Morgan fingerprint density at radius 1 is 1.14 bits per heavy atom. The summed E-state index contributed by atoms with van der Waals surface area (Å²) in [4.78, 5) is 14.5. The normalized spacial score (nSPS) is 10.4. The lowest BCUT2D eigenvalue weighted by Gasteiger charge is -2.08. The number of carbonyl (C=O) groups is 1. The Bertz CT molecular complexity index is 629. The van der Waals surface area contributed by atoms with E-state index in [9.17, 15) is 4.79 Å². The molecule has 0 saturated carbocycles. The summed E-state index contributed by atoms with van der Waals surface area (Å²) in [7, 11) is 0. The van der Waals surface area contributed by atoms with Gasteiger partial charge in [0, 0.05) is 15.5 Å². The molecule has 0 aliphatic rings. The van der Waals surface area contributed by atoms with E-state index in [1.807, 2.05) is 42.7 Å². The largest absolute Gasteiger partial charge is 0.322 e. The second-order valence-electron chi connectivity index (χ2n) is 4.26. The molecule has 0 unspecified atom stereocenters. The Hall–Kier alpha value is -1.10. The highest BCUT2D eigenvalue weighted by Crippen LogP contribution is 2.25. The summed E-state index contributed by atoms with van der Waals surface area (Å²) in [5.74, 6) is 0.842. The van der Waals surface area contributed by atoms with E-state index in [0.29, 0.717) is 10.6 Å². The molecule has 0 fully saturated rings. The highest BCUT2D eigenvalue weighted by molar-refractivity contribution is 7.99. The van der Waals surface area contributed by atoms with Crippen LogP contribution in [0.3, 0.4) is 0 Å². The van der Waals surface area contributed by atoms with Crippen LogP contribution in [0.4, 0.5) is 5.69 Å². The van der Waals surface area contributed by atoms with Crippen molar-refractivity contribution in [2.45, 2.75) is 16.7 Å². The molecule has 21 heavy (non-hydrogen) atoms. The Morgan fingerprint density at radius 3 is 2.43 bits per heavy atom. The minimum absolute atomic E-state index is 0.188. The number of thioether (sulfide) groups is 2. The maximum Gasteiger partial charge on any atom is 0.257 e. The first-order valence-corrected chi connectivity index (χ1v) is 9.10. The quantitative estimate of drug-likeness (QED) is 0.738. The minimum Gasteiger partial charge on any atom is -0.322 e. The number of carbonyl (C=O) groups excluding carboxylic acids is 1. The molecule has 2 aromatic rings. The van der Waals surface area contributed by atoms with Crippen LogP contribution < -0.4 is 5.32 Å². The van der Waals surface area contributed by atoms with E-state index in [1.54, 1.807) is 29.6 Å². The summed E-state index contributed by atoms with van der Waals surface area (Å²) in [6.45, 7) is 2.11. The Kier molecular flexibility index (Phi) is 6.03. The first kappa shape index (κ1) is 16.3. The van der Waals surface area contributed by atoms with Crippen molar-refractivity contribution in [1.82, 2.24) is 0 Å². The molecule has 1 amide bonds. The predicted molar refractivity (Wildman–Crippen MR) is 94.0 cm³/mol. The van der Waals surface area contributed by atoms with Crippen LogP contribution in [0.1, 0.15) is 17.3 Å². The highest BCUT2D eigenvalue weighted by atomic mass is 35.5. The van der Waals surface area contributed by atoms with E-state index in [0.717, 1.165) is 16.3 Å². The second kappa shape index (κ2) is 7.78. The lowest BCUT2D eigenvalue weighted by atomic mass is 10.2. The van der Waals surface area contributed by atoms with Gasteiger partial charge in [0.15, 0.2) is 0 Å². The number of halogens is 1. The molecule has 2 rings (SSSR count). The monoisotopic (exact) mass is 337 g/mol. The van der Waals surface area contributed by atoms with Gasteiger partial charge in [0.05, 0.1) is 10.6 Å². The molecular formula is C16H16ClNOS2. The number of hydrogen-bond donors (Lipinski definition) is 1. The third-order valence-electron chi connectivity index (χ3n) is 2.84. The van der Waals surface area contributed by atoms with Gasteiger partial charge in [0.2, 0.25) is 0 Å². The van der Waals surface area contributed by atoms with Gasteiger partial charge in [0.1, 0.15) is 0 Å². The van der Waals surface area contributed by atoms with Crippen LogP contribution in [0.5, 0.6) is 0 Å². The van der Waals surface area contributed by atoms with Gasteiger partial charge in [-0.1, -0.05) is 18.5 Å². The summed E-state index contributed by atoms with van der Waals surface area (Å²) in [5.41, 5.74) is 1.27. The molecule has 0 spiro atoms.